The number of fused-ring (bicyclic) bond motifs is 15. The van der Waals surface area contributed by atoms with E-state index in [0.29, 0.717) is 50.4 Å². The predicted octanol–water partition coefficient (Wildman–Crippen LogP) is 26.7. The molecule has 0 aromatic heterocycles. The fourth-order valence-corrected chi connectivity index (χ4v) is 18.0. The minimum absolute atomic E-state index is 0. The van der Waals surface area contributed by atoms with Crippen molar-refractivity contribution in [1.82, 2.24) is 0 Å². The summed E-state index contributed by atoms with van der Waals surface area (Å²) in [5, 5.41) is 0. The number of alkyl halides is 12. The number of esters is 2. The van der Waals surface area contributed by atoms with E-state index < -0.39 is 118 Å². The molecular weight excluding hydrogens is 1650 g/mol. The van der Waals surface area contributed by atoms with Crippen LogP contribution in [0.25, 0.3) is 0 Å². The van der Waals surface area contributed by atoms with E-state index in [2.05, 4.69) is 18.9 Å². The molecule has 0 aliphatic heterocycles. The molecule has 10 bridgehead atoms. The van der Waals surface area contributed by atoms with Gasteiger partial charge in [-0.1, -0.05) is 78.7 Å². The Kier molecular flexibility index (Phi) is 52.8. The predicted molar refractivity (Wildman–Crippen MR) is 459 cm³/mol. The van der Waals surface area contributed by atoms with Gasteiger partial charge in [-0.05, 0) is 308 Å². The summed E-state index contributed by atoms with van der Waals surface area (Å²) in [6.07, 6.45) is -13.1. The molecule has 119 heavy (non-hydrogen) atoms. The highest BCUT2D eigenvalue weighted by Crippen LogP contribution is 2.69. The quantitative estimate of drug-likeness (QED) is 0.0464. The van der Waals surface area contributed by atoms with E-state index in [1.807, 2.05) is 93.9 Å². The minimum Gasteiger partial charge on any atom is -0.460 e. The van der Waals surface area contributed by atoms with E-state index in [-0.39, 0.29) is 118 Å². The molecular formula is C85H170F12O18Si4. The van der Waals surface area contributed by atoms with Gasteiger partial charge in [0, 0.05) is 69.7 Å². The van der Waals surface area contributed by atoms with Crippen LogP contribution in [0.15, 0.2) is 0 Å². The zero-order chi connectivity index (χ0) is 85.9. The monoisotopic (exact) mass is 1820 g/mol. The lowest BCUT2D eigenvalue weighted by Gasteiger charge is -2.39. The number of hydrogen-bond donors (Lipinski definition) is 0. The second kappa shape index (κ2) is 49.5. The van der Waals surface area contributed by atoms with Crippen molar-refractivity contribution < 1.29 is 136 Å². The van der Waals surface area contributed by atoms with E-state index in [0.717, 1.165) is 61.2 Å². The summed E-state index contributed by atoms with van der Waals surface area (Å²) < 4.78 is 230. The number of rotatable bonds is 16. The molecule has 18 nitrogen and oxygen atoms in total. The normalized spacial score (nSPS) is 26.7. The van der Waals surface area contributed by atoms with Crippen molar-refractivity contribution in [2.45, 2.75) is 375 Å². The number of halogens is 12. The maximum atomic E-state index is 13.5. The summed E-state index contributed by atoms with van der Waals surface area (Å²) >= 11 is 0. The topological polar surface area (TPSA) is 197 Å². The summed E-state index contributed by atoms with van der Waals surface area (Å²) in [6, 6.07) is 0. The molecule has 0 aromatic rings. The van der Waals surface area contributed by atoms with E-state index in [1.165, 1.54) is 86.5 Å². The minimum atomic E-state index is -5.79. The lowest BCUT2D eigenvalue weighted by Crippen LogP contribution is -2.61. The molecule has 0 saturated heterocycles. The van der Waals surface area contributed by atoms with Crippen molar-refractivity contribution in [3.8, 4) is 0 Å². The summed E-state index contributed by atoms with van der Waals surface area (Å²) in [6.45, 7) is 35.7. The zero-order valence-electron chi connectivity index (χ0n) is 71.6. The molecule has 718 valence electrons. The molecule has 0 amide bonds. The fraction of sp³-hybridized carbons (Fsp3) is 0.953. The summed E-state index contributed by atoms with van der Waals surface area (Å²) in [5.74, 6) is 5.81. The molecule has 0 N–H and O–H groups in total. The van der Waals surface area contributed by atoms with Gasteiger partial charge < -0.3 is 63.8 Å². The Labute approximate surface area is 717 Å². The largest absolute Gasteiger partial charge is 0.510 e. The van der Waals surface area contributed by atoms with Gasteiger partial charge in [-0.2, -0.15) is 52.7 Å². The van der Waals surface area contributed by atoms with Crippen LogP contribution in [-0.4, -0.2) is 174 Å². The van der Waals surface area contributed by atoms with Gasteiger partial charge in [0.25, 0.3) is 0 Å². The Morgan fingerprint density at radius 2 is 0.529 bits per heavy atom. The van der Waals surface area contributed by atoms with Crippen LogP contribution < -0.4 is 0 Å². The van der Waals surface area contributed by atoms with E-state index in [4.69, 9.17) is 44.9 Å². The molecule has 0 spiro atoms. The first-order valence-electron chi connectivity index (χ1n) is 39.1. The maximum absolute atomic E-state index is 13.5. The average molecular weight is 1820 g/mol. The molecule has 10 aliphatic rings. The summed E-state index contributed by atoms with van der Waals surface area (Å²) in [5.41, 5.74) is -12.3. The van der Waals surface area contributed by atoms with Crippen LogP contribution in [0.5, 0.6) is 0 Å². The molecule has 10 fully saturated rings. The second-order valence-corrected chi connectivity index (χ2v) is 52.1. The zero-order valence-corrected chi connectivity index (χ0v) is 75.6. The first-order chi connectivity index (χ1) is 50.2. The number of hydrogen-bond acceptors (Lipinski definition) is 18. The van der Waals surface area contributed by atoms with Crippen molar-refractivity contribution in [3.05, 3.63) is 0 Å². The Hall–Kier alpha value is -2.81. The van der Waals surface area contributed by atoms with Crippen LogP contribution in [0.4, 0.5) is 62.3 Å². The molecule has 0 heterocycles. The van der Waals surface area contributed by atoms with Crippen molar-refractivity contribution in [3.63, 3.8) is 0 Å². The molecule has 10 rings (SSSR count). The van der Waals surface area contributed by atoms with Crippen LogP contribution in [-0.2, 0) is 73.4 Å². The highest BCUT2D eigenvalue weighted by atomic mass is 28.4. The lowest BCUT2D eigenvalue weighted by molar-refractivity contribution is -0.374. The van der Waals surface area contributed by atoms with Crippen molar-refractivity contribution in [1.29, 1.82) is 0 Å². The molecule has 0 radical (unpaired) electrons. The molecule has 34 heteroatoms. The molecule has 10 aliphatic carbocycles. The SMILES string of the molecule is C.C.C.C.C.C.C.C.CC(C)(C)OC(=O)C1CC2CC1C1C3CCC(C3)C21.CC(C)(C)OC(=O)C1CC2CCC1C2.CC(C)(C)OC(=O)OC(CC1CC2CCC1C2)(C(F)(F)F)C(F)(F)F.CC(C)(C)OC(=O)OC(CC1CC2CCC1C2)(C(F)(F)F)C(F)(F)F.CO[Si](C)(C)OC.CO[Si](C)(C)OC.CO[Si](C)(C)OC.CO[Si](C)(C)OC. The highest BCUT2D eigenvalue weighted by Gasteiger charge is 2.77. The van der Waals surface area contributed by atoms with Gasteiger partial charge in [-0.3, -0.25) is 9.59 Å². The van der Waals surface area contributed by atoms with Crippen LogP contribution >= 0.6 is 0 Å². The van der Waals surface area contributed by atoms with Gasteiger partial charge in [0.05, 0.1) is 11.8 Å². The van der Waals surface area contributed by atoms with Gasteiger partial charge in [0.15, 0.2) is 0 Å². The van der Waals surface area contributed by atoms with Crippen molar-refractivity contribution in [2.75, 3.05) is 56.9 Å². The van der Waals surface area contributed by atoms with Gasteiger partial charge >= 0.3 is 94.4 Å². The molecule has 0 aromatic carbocycles. The van der Waals surface area contributed by atoms with E-state index in [9.17, 15) is 71.9 Å². The first-order valence-corrected chi connectivity index (χ1v) is 50.4. The number of carbonyl (C=O) groups is 4. The Morgan fingerprint density at radius 1 is 0.277 bits per heavy atom. The van der Waals surface area contributed by atoms with Crippen molar-refractivity contribution in [2.24, 2.45) is 94.7 Å². The number of ether oxygens (including phenoxy) is 6. The van der Waals surface area contributed by atoms with Crippen LogP contribution in [0, 0.1) is 94.7 Å². The molecule has 16 unspecified atom stereocenters. The Balaban J connectivity index is -0.000000319. The first kappa shape index (κ1) is 127. The lowest BCUT2D eigenvalue weighted by atomic mass is 9.67. The van der Waals surface area contributed by atoms with E-state index >= 15 is 0 Å². The third kappa shape index (κ3) is 38.0. The average Bonchev–Trinajstić information content (AvgIpc) is 1.57. The van der Waals surface area contributed by atoms with Crippen LogP contribution in [0.2, 0.25) is 52.4 Å². The van der Waals surface area contributed by atoms with Gasteiger partial charge in [0.1, 0.15) is 22.4 Å². The summed E-state index contributed by atoms with van der Waals surface area (Å²) in [7, 11) is 6.81. The summed E-state index contributed by atoms with van der Waals surface area (Å²) in [4.78, 5) is 47.6. The maximum Gasteiger partial charge on any atom is 0.510 e. The van der Waals surface area contributed by atoms with Gasteiger partial charge in [0.2, 0.25) is 0 Å². The van der Waals surface area contributed by atoms with Crippen LogP contribution in [0.3, 0.4) is 0 Å². The third-order valence-electron chi connectivity index (χ3n) is 23.8. The smallest absolute Gasteiger partial charge is 0.460 e. The van der Waals surface area contributed by atoms with E-state index in [1.54, 1.807) is 56.9 Å². The number of carbonyl (C=O) groups excluding carboxylic acids is 4. The van der Waals surface area contributed by atoms with Gasteiger partial charge in [-0.25, -0.2) is 9.59 Å². The second-order valence-electron chi connectivity index (χ2n) is 37.6. The standard InChI is InChI=1S/C17H26O2.2C16H22F6O3.C12H20O2.4C4H12O2Si.8CH4/c1-17(2,3)19-16(18)13-8-11-7-12(13)15-10-5-4-9(6-10)14(11)15;2*1-13(2,3)24-12(23)25-14(15(17,18)19,16(20,21)22)8-11-7-9-4-5-10(11)6-9;1-12(2,3)14-11(13)10-7-8-4-5-9(10)6-8;4*1-5-7(3,4)6-2;;;;;;;;/h9-15H,4-8H2,1-3H3;2*9-11H,4-8H2,1-3H3;8-10H,4-7H2,1-3H3;4*1-4H3;8*1H4. The Morgan fingerprint density at radius 3 is 0.748 bits per heavy atom. The third-order valence-corrected chi connectivity index (χ3v) is 31.7. The Bertz CT molecular complexity index is 2690. The highest BCUT2D eigenvalue weighted by molar-refractivity contribution is 6.65. The van der Waals surface area contributed by atoms with Crippen molar-refractivity contribution >= 4 is 58.5 Å². The van der Waals surface area contributed by atoms with Gasteiger partial charge in [-0.15, -0.1) is 0 Å². The molecule has 16 atom stereocenters. The van der Waals surface area contributed by atoms with Crippen LogP contribution in [0.1, 0.15) is 264 Å². The molecule has 10 saturated carbocycles. The fourth-order valence-electron chi connectivity index (χ4n) is 17.4.